The van der Waals surface area contributed by atoms with Crippen molar-refractivity contribution in [3.05, 3.63) is 82.4 Å². The van der Waals surface area contributed by atoms with Crippen LogP contribution in [0.15, 0.2) is 54.1 Å². The molecule has 3 rings (SSSR count). The molecule has 0 atom stereocenters. The highest BCUT2D eigenvalue weighted by Crippen LogP contribution is 2.22. The van der Waals surface area contributed by atoms with E-state index in [2.05, 4.69) is 5.10 Å². The van der Waals surface area contributed by atoms with E-state index in [0.717, 1.165) is 5.69 Å². The van der Waals surface area contributed by atoms with E-state index >= 15 is 0 Å². The van der Waals surface area contributed by atoms with E-state index in [9.17, 15) is 14.4 Å². The number of halogens is 1. The SMILES string of the molecule is COc1ccc(C(=O)/C(C#N)=C/c2c(C)nn(-c3ccc(F)cc3)c2C)cc1. The largest absolute Gasteiger partial charge is 0.497 e. The molecule has 0 aliphatic carbocycles. The number of Topliss-reactive ketones (excluding diaryl/α,β-unsaturated/α-hetero) is 1. The number of nitrogens with zero attached hydrogens (tertiary/aromatic N) is 3. The van der Waals surface area contributed by atoms with Crippen molar-refractivity contribution >= 4 is 11.9 Å². The lowest BCUT2D eigenvalue weighted by Crippen LogP contribution is -2.02. The zero-order valence-corrected chi connectivity index (χ0v) is 15.7. The number of benzene rings is 2. The molecular weight excluding hydrogens is 357 g/mol. The maximum absolute atomic E-state index is 13.2. The summed E-state index contributed by atoms with van der Waals surface area (Å²) in [6, 6.07) is 14.5. The molecule has 5 nitrogen and oxygen atoms in total. The highest BCUT2D eigenvalue weighted by atomic mass is 19.1. The summed E-state index contributed by atoms with van der Waals surface area (Å²) in [5.74, 6) is -0.0768. The topological polar surface area (TPSA) is 67.9 Å². The summed E-state index contributed by atoms with van der Waals surface area (Å²) in [5.41, 5.74) is 3.20. The Morgan fingerprint density at radius 2 is 1.79 bits per heavy atom. The molecule has 1 heterocycles. The zero-order valence-electron chi connectivity index (χ0n) is 15.7. The summed E-state index contributed by atoms with van der Waals surface area (Å²) in [6.45, 7) is 3.63. The van der Waals surface area contributed by atoms with Gasteiger partial charge in [-0.05, 0) is 68.5 Å². The molecule has 3 aromatic rings. The standard InChI is InChI=1S/C22H18FN3O2/c1-14-21(15(2)26(25-14)19-8-6-18(23)7-9-19)12-17(13-24)22(27)16-4-10-20(28-3)11-5-16/h4-12H,1-3H3/b17-12+. The van der Waals surface area contributed by atoms with Crippen LogP contribution in [0.1, 0.15) is 27.3 Å². The van der Waals surface area contributed by atoms with Crippen molar-refractivity contribution in [1.29, 1.82) is 5.26 Å². The molecule has 2 aromatic carbocycles. The first-order valence-electron chi connectivity index (χ1n) is 8.57. The maximum atomic E-state index is 13.2. The second-order valence-corrected chi connectivity index (χ2v) is 6.20. The van der Waals surface area contributed by atoms with E-state index in [-0.39, 0.29) is 17.2 Å². The second kappa shape index (κ2) is 7.89. The number of carbonyl (C=O) groups is 1. The third-order valence-electron chi connectivity index (χ3n) is 4.42. The fraction of sp³-hybridized carbons (Fsp3) is 0.136. The lowest BCUT2D eigenvalue weighted by molar-refractivity contribution is 0.104. The van der Waals surface area contributed by atoms with Gasteiger partial charge in [-0.3, -0.25) is 4.79 Å². The maximum Gasteiger partial charge on any atom is 0.203 e. The van der Waals surface area contributed by atoms with Crippen LogP contribution in [0.3, 0.4) is 0 Å². The van der Waals surface area contributed by atoms with Crippen LogP contribution >= 0.6 is 0 Å². The Morgan fingerprint density at radius 3 is 2.36 bits per heavy atom. The minimum atomic E-state index is -0.376. The summed E-state index contributed by atoms with van der Waals surface area (Å²) in [7, 11) is 1.54. The van der Waals surface area contributed by atoms with Crippen molar-refractivity contribution < 1.29 is 13.9 Å². The Balaban J connectivity index is 1.99. The first-order valence-corrected chi connectivity index (χ1v) is 8.57. The van der Waals surface area contributed by atoms with Crippen LogP contribution in [0, 0.1) is 31.0 Å². The van der Waals surface area contributed by atoms with E-state index in [1.165, 1.54) is 12.1 Å². The fourth-order valence-corrected chi connectivity index (χ4v) is 2.89. The third kappa shape index (κ3) is 3.69. The van der Waals surface area contributed by atoms with Gasteiger partial charge in [-0.25, -0.2) is 9.07 Å². The van der Waals surface area contributed by atoms with Crippen molar-refractivity contribution in [2.24, 2.45) is 0 Å². The highest BCUT2D eigenvalue weighted by molar-refractivity contribution is 6.14. The second-order valence-electron chi connectivity index (χ2n) is 6.20. The molecule has 0 N–H and O–H groups in total. The third-order valence-corrected chi connectivity index (χ3v) is 4.42. The number of ketones is 1. The number of hydrogen-bond acceptors (Lipinski definition) is 4. The van der Waals surface area contributed by atoms with Crippen LogP contribution in [-0.4, -0.2) is 22.7 Å². The Kier molecular flexibility index (Phi) is 5.37. The van der Waals surface area contributed by atoms with Gasteiger partial charge in [-0.1, -0.05) is 0 Å². The number of allylic oxidation sites excluding steroid dienone is 1. The van der Waals surface area contributed by atoms with Crippen molar-refractivity contribution in [2.75, 3.05) is 7.11 Å². The molecule has 140 valence electrons. The lowest BCUT2D eigenvalue weighted by Gasteiger charge is -2.05. The van der Waals surface area contributed by atoms with Crippen LogP contribution < -0.4 is 4.74 Å². The average Bonchev–Trinajstić information content (AvgIpc) is 3.00. The number of aromatic nitrogens is 2. The van der Waals surface area contributed by atoms with Gasteiger partial charge >= 0.3 is 0 Å². The Bertz CT molecular complexity index is 1090. The van der Waals surface area contributed by atoms with E-state index < -0.39 is 0 Å². The Morgan fingerprint density at radius 1 is 1.14 bits per heavy atom. The summed E-state index contributed by atoms with van der Waals surface area (Å²) >= 11 is 0. The molecule has 0 saturated heterocycles. The van der Waals surface area contributed by atoms with Crippen LogP contribution in [0.5, 0.6) is 5.75 Å². The summed E-state index contributed by atoms with van der Waals surface area (Å²) in [6.07, 6.45) is 1.55. The number of methoxy groups -OCH3 is 1. The zero-order chi connectivity index (χ0) is 20.3. The van der Waals surface area contributed by atoms with Crippen molar-refractivity contribution in [1.82, 2.24) is 9.78 Å². The van der Waals surface area contributed by atoms with Gasteiger partial charge in [0.15, 0.2) is 0 Å². The van der Waals surface area contributed by atoms with Gasteiger partial charge in [0, 0.05) is 16.8 Å². The van der Waals surface area contributed by atoms with Gasteiger partial charge < -0.3 is 4.74 Å². The number of aryl methyl sites for hydroxylation is 1. The molecule has 0 unspecified atom stereocenters. The molecule has 0 aliphatic heterocycles. The van der Waals surface area contributed by atoms with Gasteiger partial charge in [-0.15, -0.1) is 0 Å². The smallest absolute Gasteiger partial charge is 0.203 e. The van der Waals surface area contributed by atoms with E-state index in [0.29, 0.717) is 28.3 Å². The monoisotopic (exact) mass is 375 g/mol. The fourth-order valence-electron chi connectivity index (χ4n) is 2.89. The molecular formula is C22H18FN3O2. The van der Waals surface area contributed by atoms with Crippen LogP contribution in [0.2, 0.25) is 0 Å². The number of ether oxygens (including phenoxy) is 1. The van der Waals surface area contributed by atoms with Gasteiger partial charge in [0.1, 0.15) is 23.2 Å². The van der Waals surface area contributed by atoms with Gasteiger partial charge in [-0.2, -0.15) is 10.4 Å². The molecule has 0 radical (unpaired) electrons. The molecule has 0 aliphatic rings. The average molecular weight is 375 g/mol. The number of nitriles is 1. The van der Waals surface area contributed by atoms with Crippen LogP contribution in [-0.2, 0) is 0 Å². The molecule has 0 amide bonds. The number of hydrogen-bond donors (Lipinski definition) is 0. The van der Waals surface area contributed by atoms with Crippen LogP contribution in [0.4, 0.5) is 4.39 Å². The minimum Gasteiger partial charge on any atom is -0.497 e. The van der Waals surface area contributed by atoms with Crippen LogP contribution in [0.25, 0.3) is 11.8 Å². The van der Waals surface area contributed by atoms with Crippen molar-refractivity contribution in [3.63, 3.8) is 0 Å². The highest BCUT2D eigenvalue weighted by Gasteiger charge is 2.16. The first kappa shape index (κ1) is 19.1. The first-order chi connectivity index (χ1) is 13.4. The molecule has 0 bridgehead atoms. The summed E-state index contributed by atoms with van der Waals surface area (Å²) < 4.78 is 19.9. The summed E-state index contributed by atoms with van der Waals surface area (Å²) in [5, 5.41) is 14.0. The van der Waals surface area contributed by atoms with Crippen molar-refractivity contribution in [3.8, 4) is 17.5 Å². The van der Waals surface area contributed by atoms with E-state index in [1.54, 1.807) is 61.2 Å². The normalized spacial score (nSPS) is 11.2. The Hall–Kier alpha value is -3.72. The molecule has 1 aromatic heterocycles. The molecule has 0 spiro atoms. The predicted molar refractivity (Wildman–Crippen MR) is 104 cm³/mol. The Labute approximate surface area is 162 Å². The molecule has 0 fully saturated rings. The van der Waals surface area contributed by atoms with Crippen molar-refractivity contribution in [2.45, 2.75) is 13.8 Å². The number of carbonyl (C=O) groups excluding carboxylic acids is 1. The van der Waals surface area contributed by atoms with Gasteiger partial charge in [0.05, 0.1) is 18.5 Å². The quantitative estimate of drug-likeness (QED) is 0.376. The molecule has 28 heavy (non-hydrogen) atoms. The van der Waals surface area contributed by atoms with Gasteiger partial charge in [0.2, 0.25) is 5.78 Å². The lowest BCUT2D eigenvalue weighted by atomic mass is 10.0. The predicted octanol–water partition coefficient (Wildman–Crippen LogP) is 4.43. The minimum absolute atomic E-state index is 0.00928. The number of rotatable bonds is 5. The summed E-state index contributed by atoms with van der Waals surface area (Å²) in [4.78, 5) is 12.7. The molecule has 0 saturated carbocycles. The van der Waals surface area contributed by atoms with E-state index in [4.69, 9.17) is 4.74 Å². The molecule has 6 heteroatoms. The van der Waals surface area contributed by atoms with E-state index in [1.807, 2.05) is 13.0 Å². The van der Waals surface area contributed by atoms with Gasteiger partial charge in [0.25, 0.3) is 0 Å².